The molecule has 74 valence electrons. The lowest BCUT2D eigenvalue weighted by Gasteiger charge is -2.00. The topological polar surface area (TPSA) is 40.3 Å². The van der Waals surface area contributed by atoms with Crippen molar-refractivity contribution in [3.8, 4) is 0 Å². The van der Waals surface area contributed by atoms with E-state index in [0.717, 1.165) is 11.8 Å². The lowest BCUT2D eigenvalue weighted by Crippen LogP contribution is -2.17. The first-order chi connectivity index (χ1) is 6.86. The molecule has 0 spiro atoms. The number of aldehydes is 1. The van der Waals surface area contributed by atoms with E-state index in [4.69, 9.17) is 5.11 Å². The van der Waals surface area contributed by atoms with E-state index in [1.165, 1.54) is 6.21 Å². The SMILES string of the molecule is O=CC=[N+](CCO)Cc1ccccc1. The van der Waals surface area contributed by atoms with Gasteiger partial charge in [-0.1, -0.05) is 30.3 Å². The van der Waals surface area contributed by atoms with Gasteiger partial charge < -0.3 is 5.11 Å². The van der Waals surface area contributed by atoms with Crippen LogP contribution in [0.4, 0.5) is 0 Å². The van der Waals surface area contributed by atoms with Crippen molar-refractivity contribution < 1.29 is 14.5 Å². The summed E-state index contributed by atoms with van der Waals surface area (Å²) in [6, 6.07) is 9.83. The molecule has 14 heavy (non-hydrogen) atoms. The van der Waals surface area contributed by atoms with Crippen LogP contribution in [0.15, 0.2) is 30.3 Å². The Bertz CT molecular complexity index is 306. The molecule has 0 bridgehead atoms. The summed E-state index contributed by atoms with van der Waals surface area (Å²) in [5.74, 6) is 0. The molecule has 0 aliphatic heterocycles. The first kappa shape index (κ1) is 10.6. The molecule has 0 atom stereocenters. The van der Waals surface area contributed by atoms with Crippen molar-refractivity contribution in [1.29, 1.82) is 0 Å². The van der Waals surface area contributed by atoms with Crippen LogP contribution in [-0.2, 0) is 11.3 Å². The number of aliphatic hydroxyl groups excluding tert-OH is 1. The normalized spacial score (nSPS) is 11.4. The van der Waals surface area contributed by atoms with Gasteiger partial charge >= 0.3 is 0 Å². The van der Waals surface area contributed by atoms with Gasteiger partial charge in [0.25, 0.3) is 0 Å². The maximum Gasteiger partial charge on any atom is 0.205 e. The van der Waals surface area contributed by atoms with Crippen LogP contribution < -0.4 is 0 Å². The first-order valence-corrected chi connectivity index (χ1v) is 4.54. The van der Waals surface area contributed by atoms with Crippen molar-refractivity contribution in [3.63, 3.8) is 0 Å². The van der Waals surface area contributed by atoms with Crippen molar-refractivity contribution >= 4 is 12.5 Å². The van der Waals surface area contributed by atoms with Crippen LogP contribution in [0.25, 0.3) is 0 Å². The summed E-state index contributed by atoms with van der Waals surface area (Å²) >= 11 is 0. The van der Waals surface area contributed by atoms with E-state index in [-0.39, 0.29) is 6.61 Å². The van der Waals surface area contributed by atoms with Crippen LogP contribution in [0, 0.1) is 0 Å². The van der Waals surface area contributed by atoms with E-state index in [0.29, 0.717) is 13.1 Å². The predicted molar refractivity (Wildman–Crippen MR) is 54.5 cm³/mol. The Morgan fingerprint density at radius 2 is 2.00 bits per heavy atom. The lowest BCUT2D eigenvalue weighted by atomic mass is 10.2. The number of hydrogen-bond donors (Lipinski definition) is 1. The number of rotatable bonds is 5. The second kappa shape index (κ2) is 6.05. The summed E-state index contributed by atoms with van der Waals surface area (Å²) in [7, 11) is 0. The molecule has 3 nitrogen and oxygen atoms in total. The summed E-state index contributed by atoms with van der Waals surface area (Å²) in [6.07, 6.45) is 2.18. The molecule has 0 aromatic heterocycles. The Labute approximate surface area is 83.3 Å². The molecular weight excluding hydrogens is 178 g/mol. The highest BCUT2D eigenvalue weighted by atomic mass is 16.3. The second-order valence-corrected chi connectivity index (χ2v) is 2.96. The molecule has 0 saturated carbocycles. The third kappa shape index (κ3) is 3.49. The van der Waals surface area contributed by atoms with Crippen LogP contribution in [0.2, 0.25) is 0 Å². The average Bonchev–Trinajstić information content (AvgIpc) is 2.20. The summed E-state index contributed by atoms with van der Waals surface area (Å²) in [6.45, 7) is 1.19. The van der Waals surface area contributed by atoms with E-state index in [1.807, 2.05) is 30.3 Å². The fraction of sp³-hybridized carbons (Fsp3) is 0.273. The molecule has 1 aromatic carbocycles. The van der Waals surface area contributed by atoms with E-state index >= 15 is 0 Å². The van der Waals surface area contributed by atoms with Gasteiger partial charge in [0, 0.05) is 5.56 Å². The summed E-state index contributed by atoms with van der Waals surface area (Å²) < 4.78 is 1.78. The molecule has 0 saturated heterocycles. The molecule has 0 fully saturated rings. The van der Waals surface area contributed by atoms with E-state index in [1.54, 1.807) is 4.58 Å². The Morgan fingerprint density at radius 1 is 1.29 bits per heavy atom. The Morgan fingerprint density at radius 3 is 2.57 bits per heavy atom. The van der Waals surface area contributed by atoms with Crippen molar-refractivity contribution in [3.05, 3.63) is 35.9 Å². The van der Waals surface area contributed by atoms with E-state index in [9.17, 15) is 4.79 Å². The zero-order valence-corrected chi connectivity index (χ0v) is 7.97. The number of carbonyl (C=O) groups excluding carboxylic acids is 1. The lowest BCUT2D eigenvalue weighted by molar-refractivity contribution is -0.540. The molecule has 0 amide bonds. The van der Waals surface area contributed by atoms with Gasteiger partial charge in [-0.3, -0.25) is 4.79 Å². The molecule has 3 heteroatoms. The molecule has 0 unspecified atom stereocenters. The molecule has 0 heterocycles. The highest BCUT2D eigenvalue weighted by Gasteiger charge is 2.03. The van der Waals surface area contributed by atoms with Gasteiger partial charge in [-0.15, -0.1) is 0 Å². The zero-order valence-electron chi connectivity index (χ0n) is 7.97. The molecule has 0 aliphatic rings. The fourth-order valence-corrected chi connectivity index (χ4v) is 1.24. The van der Waals surface area contributed by atoms with Gasteiger partial charge in [-0.05, 0) is 0 Å². The van der Waals surface area contributed by atoms with Gasteiger partial charge in [-0.2, -0.15) is 0 Å². The first-order valence-electron chi connectivity index (χ1n) is 4.54. The zero-order chi connectivity index (χ0) is 10.2. The van der Waals surface area contributed by atoms with Crippen LogP contribution >= 0.6 is 0 Å². The minimum absolute atomic E-state index is 0.0528. The Hall–Kier alpha value is -1.48. The van der Waals surface area contributed by atoms with Crippen LogP contribution in [-0.4, -0.2) is 35.3 Å². The quantitative estimate of drug-likeness (QED) is 0.418. The van der Waals surface area contributed by atoms with E-state index in [2.05, 4.69) is 0 Å². The van der Waals surface area contributed by atoms with Crippen LogP contribution in [0.5, 0.6) is 0 Å². The minimum atomic E-state index is 0.0528. The summed E-state index contributed by atoms with van der Waals surface area (Å²) in [5.41, 5.74) is 1.12. The maximum atomic E-state index is 10.3. The predicted octanol–water partition coefficient (Wildman–Crippen LogP) is 0.461. The molecule has 0 radical (unpaired) electrons. The van der Waals surface area contributed by atoms with Gasteiger partial charge in [-0.25, -0.2) is 4.58 Å². The minimum Gasteiger partial charge on any atom is -0.390 e. The fourth-order valence-electron chi connectivity index (χ4n) is 1.24. The standard InChI is InChI=1S/C11H14NO2/c13-8-6-12(7-9-14)10-11-4-2-1-3-5-11/h1-6,8,14H,7,9-10H2/q+1. The van der Waals surface area contributed by atoms with Crippen molar-refractivity contribution in [2.24, 2.45) is 0 Å². The van der Waals surface area contributed by atoms with Crippen LogP contribution in [0.3, 0.4) is 0 Å². The number of carbonyl (C=O) groups is 1. The second-order valence-electron chi connectivity index (χ2n) is 2.96. The highest BCUT2D eigenvalue weighted by molar-refractivity contribution is 6.10. The largest absolute Gasteiger partial charge is 0.390 e. The maximum absolute atomic E-state index is 10.3. The summed E-state index contributed by atoms with van der Waals surface area (Å²) in [5, 5.41) is 8.76. The monoisotopic (exact) mass is 192 g/mol. The van der Waals surface area contributed by atoms with Crippen molar-refractivity contribution in [2.75, 3.05) is 13.2 Å². The highest BCUT2D eigenvalue weighted by Crippen LogP contribution is 1.99. The number of aliphatic hydroxyl groups is 1. The van der Waals surface area contributed by atoms with Crippen LogP contribution in [0.1, 0.15) is 5.56 Å². The molecule has 0 aliphatic carbocycles. The molecule has 1 N–H and O–H groups in total. The third-order valence-corrected chi connectivity index (χ3v) is 1.89. The van der Waals surface area contributed by atoms with E-state index < -0.39 is 0 Å². The van der Waals surface area contributed by atoms with Gasteiger partial charge in [0.05, 0.1) is 0 Å². The molecule has 1 rings (SSSR count). The third-order valence-electron chi connectivity index (χ3n) is 1.89. The smallest absolute Gasteiger partial charge is 0.205 e. The van der Waals surface area contributed by atoms with Gasteiger partial charge in [0.15, 0.2) is 13.1 Å². The molecular formula is C11H14NO2+. The van der Waals surface area contributed by atoms with Crippen molar-refractivity contribution in [2.45, 2.75) is 6.54 Å². The number of hydrogen-bond acceptors (Lipinski definition) is 2. The number of nitrogens with zero attached hydrogens (tertiary/aromatic N) is 1. The summed E-state index contributed by atoms with van der Waals surface area (Å²) in [4.78, 5) is 10.3. The van der Waals surface area contributed by atoms with Crippen molar-refractivity contribution in [1.82, 2.24) is 0 Å². The Kier molecular flexibility index (Phi) is 4.58. The van der Waals surface area contributed by atoms with Gasteiger partial charge in [0.1, 0.15) is 6.61 Å². The molecule has 1 aromatic rings. The Balaban J connectivity index is 2.65. The number of benzene rings is 1. The van der Waals surface area contributed by atoms with Gasteiger partial charge in [0.2, 0.25) is 12.5 Å². The average molecular weight is 192 g/mol.